The summed E-state index contributed by atoms with van der Waals surface area (Å²) in [6, 6.07) is 0. The third kappa shape index (κ3) is 2.94. The molecule has 70 valence electrons. The maximum Gasteiger partial charge on any atom is 0.133 e. The quantitative estimate of drug-likeness (QED) is 0.641. The Labute approximate surface area is 74.9 Å². The van der Waals surface area contributed by atoms with Crippen LogP contribution in [-0.2, 0) is 4.79 Å². The molecule has 1 aliphatic heterocycles. The highest BCUT2D eigenvalue weighted by molar-refractivity contribution is 5.78. The van der Waals surface area contributed by atoms with E-state index in [0.29, 0.717) is 5.78 Å². The van der Waals surface area contributed by atoms with Gasteiger partial charge in [0.25, 0.3) is 0 Å². The van der Waals surface area contributed by atoms with Crippen LogP contribution in [-0.4, -0.2) is 30.3 Å². The van der Waals surface area contributed by atoms with Gasteiger partial charge < -0.3 is 4.90 Å². The van der Waals surface area contributed by atoms with Crippen molar-refractivity contribution in [3.63, 3.8) is 0 Å². The van der Waals surface area contributed by atoms with Crippen LogP contribution >= 0.6 is 0 Å². The topological polar surface area (TPSA) is 20.3 Å². The molecule has 0 unspecified atom stereocenters. The Morgan fingerprint density at radius 1 is 1.33 bits per heavy atom. The lowest BCUT2D eigenvalue weighted by Gasteiger charge is -2.28. The lowest BCUT2D eigenvalue weighted by Crippen LogP contribution is -2.35. The largest absolute Gasteiger partial charge is 0.303 e. The van der Waals surface area contributed by atoms with E-state index >= 15 is 0 Å². The molecule has 0 aromatic heterocycles. The molecule has 1 saturated heterocycles. The molecule has 0 aromatic carbocycles. The number of hydrogen-bond donors (Lipinski definition) is 0. The zero-order valence-electron chi connectivity index (χ0n) is 8.18. The number of piperidine rings is 1. The Kier molecular flexibility index (Phi) is 3.73. The summed E-state index contributed by atoms with van der Waals surface area (Å²) >= 11 is 0. The molecule has 1 rings (SSSR count). The Hall–Kier alpha value is -0.370. The lowest BCUT2D eigenvalue weighted by atomic mass is 10.1. The first-order chi connectivity index (χ1) is 5.70. The molecule has 0 spiro atoms. The third-order valence-electron chi connectivity index (χ3n) is 2.67. The molecule has 12 heavy (non-hydrogen) atoms. The van der Waals surface area contributed by atoms with E-state index in [1.54, 1.807) is 6.92 Å². The Morgan fingerprint density at radius 3 is 2.42 bits per heavy atom. The van der Waals surface area contributed by atoms with Crippen molar-refractivity contribution in [2.24, 2.45) is 5.92 Å². The Balaban J connectivity index is 2.24. The van der Waals surface area contributed by atoms with Gasteiger partial charge in [-0.15, -0.1) is 0 Å². The van der Waals surface area contributed by atoms with Crippen molar-refractivity contribution in [3.05, 3.63) is 0 Å². The summed E-state index contributed by atoms with van der Waals surface area (Å²) in [6.07, 6.45) is 3.99. The molecule has 0 aromatic rings. The van der Waals surface area contributed by atoms with Crippen LogP contribution in [0.2, 0.25) is 0 Å². The van der Waals surface area contributed by atoms with E-state index in [0.717, 1.165) is 6.54 Å². The van der Waals surface area contributed by atoms with Gasteiger partial charge in [0.1, 0.15) is 5.78 Å². The van der Waals surface area contributed by atoms with E-state index in [2.05, 4.69) is 4.90 Å². The number of carbonyl (C=O) groups excluding carboxylic acids is 1. The van der Waals surface area contributed by atoms with Crippen LogP contribution in [0.1, 0.15) is 33.1 Å². The van der Waals surface area contributed by atoms with Gasteiger partial charge in [-0.2, -0.15) is 0 Å². The number of carbonyl (C=O) groups is 1. The lowest BCUT2D eigenvalue weighted by molar-refractivity contribution is -0.120. The number of nitrogens with zero attached hydrogens (tertiary/aromatic N) is 1. The maximum atomic E-state index is 11.0. The highest BCUT2D eigenvalue weighted by Gasteiger charge is 2.15. The maximum absolute atomic E-state index is 11.0. The first-order valence-corrected chi connectivity index (χ1v) is 4.93. The molecule has 1 aliphatic rings. The second-order valence-corrected chi connectivity index (χ2v) is 3.87. The number of likely N-dealkylation sites (tertiary alicyclic amines) is 1. The first-order valence-electron chi connectivity index (χ1n) is 4.93. The molecule has 0 saturated carbocycles. The number of ketones is 1. The van der Waals surface area contributed by atoms with Gasteiger partial charge in [-0.3, -0.25) is 4.79 Å². The van der Waals surface area contributed by atoms with Gasteiger partial charge in [0.2, 0.25) is 0 Å². The molecular formula is C10H19NO. The smallest absolute Gasteiger partial charge is 0.133 e. The predicted molar refractivity (Wildman–Crippen MR) is 50.1 cm³/mol. The van der Waals surface area contributed by atoms with E-state index in [1.165, 1.54) is 32.4 Å². The minimum Gasteiger partial charge on any atom is -0.303 e. The third-order valence-corrected chi connectivity index (χ3v) is 2.67. The standard InChI is InChI=1S/C10H19NO/c1-9(10(2)12)8-11-6-4-3-5-7-11/h9H,3-8H2,1-2H3/t9-/m1/s1. The van der Waals surface area contributed by atoms with Gasteiger partial charge in [0, 0.05) is 12.5 Å². The van der Waals surface area contributed by atoms with Gasteiger partial charge in [-0.05, 0) is 32.9 Å². The van der Waals surface area contributed by atoms with Crippen molar-refractivity contribution >= 4 is 5.78 Å². The van der Waals surface area contributed by atoms with E-state index in [-0.39, 0.29) is 5.92 Å². The van der Waals surface area contributed by atoms with Crippen LogP contribution in [0.25, 0.3) is 0 Å². The molecule has 2 nitrogen and oxygen atoms in total. The average Bonchev–Trinajstić information content (AvgIpc) is 2.06. The second kappa shape index (κ2) is 4.61. The monoisotopic (exact) mass is 169 g/mol. The van der Waals surface area contributed by atoms with Crippen molar-refractivity contribution in [2.75, 3.05) is 19.6 Å². The van der Waals surface area contributed by atoms with Crippen LogP contribution < -0.4 is 0 Å². The van der Waals surface area contributed by atoms with Crippen LogP contribution in [0.5, 0.6) is 0 Å². The zero-order valence-corrected chi connectivity index (χ0v) is 8.18. The van der Waals surface area contributed by atoms with Crippen LogP contribution in [0.4, 0.5) is 0 Å². The van der Waals surface area contributed by atoms with Gasteiger partial charge in [0.15, 0.2) is 0 Å². The van der Waals surface area contributed by atoms with Crippen molar-refractivity contribution < 1.29 is 4.79 Å². The number of rotatable bonds is 3. The summed E-state index contributed by atoms with van der Waals surface area (Å²) in [6.45, 7) is 7.07. The summed E-state index contributed by atoms with van der Waals surface area (Å²) in [5, 5.41) is 0. The van der Waals surface area contributed by atoms with E-state index in [1.807, 2.05) is 6.92 Å². The second-order valence-electron chi connectivity index (χ2n) is 3.87. The fourth-order valence-corrected chi connectivity index (χ4v) is 1.66. The van der Waals surface area contributed by atoms with E-state index in [9.17, 15) is 4.79 Å². The number of Topliss-reactive ketones (excluding diaryl/α,β-unsaturated/α-hetero) is 1. The molecule has 1 atom stereocenters. The van der Waals surface area contributed by atoms with Gasteiger partial charge in [0.05, 0.1) is 0 Å². The van der Waals surface area contributed by atoms with Crippen molar-refractivity contribution in [2.45, 2.75) is 33.1 Å². The van der Waals surface area contributed by atoms with E-state index < -0.39 is 0 Å². The first kappa shape index (κ1) is 9.72. The molecule has 0 N–H and O–H groups in total. The van der Waals surface area contributed by atoms with Crippen molar-refractivity contribution in [1.82, 2.24) is 4.90 Å². The van der Waals surface area contributed by atoms with E-state index in [4.69, 9.17) is 0 Å². The minimum atomic E-state index is 0.225. The molecule has 0 amide bonds. The molecule has 0 aliphatic carbocycles. The highest BCUT2D eigenvalue weighted by Crippen LogP contribution is 2.10. The molecule has 2 heteroatoms. The average molecular weight is 169 g/mol. The summed E-state index contributed by atoms with van der Waals surface area (Å²) < 4.78 is 0. The molecule has 1 fully saturated rings. The van der Waals surface area contributed by atoms with Gasteiger partial charge >= 0.3 is 0 Å². The Bertz CT molecular complexity index is 150. The normalized spacial score (nSPS) is 22.2. The fraction of sp³-hybridized carbons (Fsp3) is 0.900. The van der Waals surface area contributed by atoms with Crippen LogP contribution in [0.15, 0.2) is 0 Å². The summed E-state index contributed by atoms with van der Waals surface area (Å²) in [4.78, 5) is 13.4. The molecule has 0 radical (unpaired) electrons. The Morgan fingerprint density at radius 2 is 1.92 bits per heavy atom. The molecule has 0 bridgehead atoms. The fourth-order valence-electron chi connectivity index (χ4n) is 1.66. The van der Waals surface area contributed by atoms with Gasteiger partial charge in [-0.1, -0.05) is 13.3 Å². The molecule has 1 heterocycles. The SMILES string of the molecule is CC(=O)[C@H](C)CN1CCCCC1. The summed E-state index contributed by atoms with van der Waals surface area (Å²) in [7, 11) is 0. The van der Waals surface area contributed by atoms with Crippen molar-refractivity contribution in [3.8, 4) is 0 Å². The van der Waals surface area contributed by atoms with Gasteiger partial charge in [-0.25, -0.2) is 0 Å². The summed E-state index contributed by atoms with van der Waals surface area (Å²) in [5.41, 5.74) is 0. The minimum absolute atomic E-state index is 0.225. The number of hydrogen-bond acceptors (Lipinski definition) is 2. The van der Waals surface area contributed by atoms with Crippen LogP contribution in [0, 0.1) is 5.92 Å². The predicted octanol–water partition coefficient (Wildman–Crippen LogP) is 1.70. The zero-order chi connectivity index (χ0) is 8.97. The molecular weight excluding hydrogens is 150 g/mol. The van der Waals surface area contributed by atoms with Crippen molar-refractivity contribution in [1.29, 1.82) is 0 Å². The highest BCUT2D eigenvalue weighted by atomic mass is 16.1. The van der Waals surface area contributed by atoms with Crippen LogP contribution in [0.3, 0.4) is 0 Å². The summed E-state index contributed by atoms with van der Waals surface area (Å²) in [5.74, 6) is 0.545.